The molecule has 0 saturated heterocycles. The van der Waals surface area contributed by atoms with Gasteiger partial charge in [-0.1, -0.05) is 5.57 Å². The minimum atomic E-state index is -0.0237. The fourth-order valence-corrected chi connectivity index (χ4v) is 3.02. The highest BCUT2D eigenvalue weighted by Crippen LogP contribution is 2.43. The molecule has 5 heteroatoms. The van der Waals surface area contributed by atoms with Gasteiger partial charge >= 0.3 is 0 Å². The maximum Gasteiger partial charge on any atom is 0.256 e. The minimum absolute atomic E-state index is 0.0198. The molecule has 0 saturated carbocycles. The Morgan fingerprint density at radius 3 is 2.41 bits per heavy atom. The van der Waals surface area contributed by atoms with E-state index in [1.165, 1.54) is 0 Å². The first kappa shape index (κ1) is 12.9. The molecule has 3 heterocycles. The predicted octanol–water partition coefficient (Wildman–Crippen LogP) is 3.36. The third kappa shape index (κ3) is 1.86. The van der Waals surface area contributed by atoms with Crippen LogP contribution in [0, 0.1) is 0 Å². The predicted molar refractivity (Wildman–Crippen MR) is 87.6 cm³/mol. The number of carbonyl (C=O) groups excluding carboxylic acids is 1. The Hall–Kier alpha value is -2.82. The van der Waals surface area contributed by atoms with Crippen molar-refractivity contribution in [2.24, 2.45) is 0 Å². The molecule has 1 aromatic heterocycles. The van der Waals surface area contributed by atoms with Gasteiger partial charge in [-0.05, 0) is 43.7 Å². The van der Waals surface area contributed by atoms with E-state index >= 15 is 0 Å². The summed E-state index contributed by atoms with van der Waals surface area (Å²) >= 11 is 0. The highest BCUT2D eigenvalue weighted by atomic mass is 16.2. The Morgan fingerprint density at radius 2 is 1.73 bits per heavy atom. The van der Waals surface area contributed by atoms with Gasteiger partial charge < -0.3 is 16.0 Å². The summed E-state index contributed by atoms with van der Waals surface area (Å²) < 4.78 is 0. The number of hydrogen-bond donors (Lipinski definition) is 3. The molecule has 2 aromatic rings. The quantitative estimate of drug-likeness (QED) is 0.705. The molecular weight excluding hydrogens is 276 g/mol. The van der Waals surface area contributed by atoms with Gasteiger partial charge in [0.2, 0.25) is 0 Å². The molecule has 5 nitrogen and oxygen atoms in total. The zero-order valence-corrected chi connectivity index (χ0v) is 12.4. The summed E-state index contributed by atoms with van der Waals surface area (Å²) in [5.74, 6) is -0.0237. The van der Waals surface area contributed by atoms with Crippen LogP contribution in [-0.2, 0) is 4.79 Å². The molecule has 110 valence electrons. The van der Waals surface area contributed by atoms with Crippen LogP contribution in [0.3, 0.4) is 0 Å². The molecule has 2 aliphatic rings. The molecule has 2 aliphatic heterocycles. The van der Waals surface area contributed by atoms with Crippen LogP contribution < -0.4 is 16.0 Å². The highest BCUT2D eigenvalue weighted by molar-refractivity contribution is 6.32. The average Bonchev–Trinajstić information content (AvgIpc) is 3.04. The average molecular weight is 292 g/mol. The largest absolute Gasteiger partial charge is 0.360 e. The Balaban J connectivity index is 1.73. The summed E-state index contributed by atoms with van der Waals surface area (Å²) in [5.41, 5.74) is 6.75. The van der Waals surface area contributed by atoms with Gasteiger partial charge in [-0.2, -0.15) is 0 Å². The van der Waals surface area contributed by atoms with E-state index in [4.69, 9.17) is 0 Å². The van der Waals surface area contributed by atoms with Gasteiger partial charge in [0.25, 0.3) is 5.91 Å². The molecule has 1 amide bonds. The van der Waals surface area contributed by atoms with Crippen LogP contribution in [0.5, 0.6) is 0 Å². The molecule has 22 heavy (non-hydrogen) atoms. The van der Waals surface area contributed by atoms with E-state index in [0.717, 1.165) is 39.3 Å². The number of fused-ring (bicyclic) bond motifs is 2. The normalized spacial score (nSPS) is 18.2. The second-order valence-electron chi connectivity index (χ2n) is 5.77. The van der Waals surface area contributed by atoms with Gasteiger partial charge in [-0.3, -0.25) is 9.78 Å². The molecule has 1 unspecified atom stereocenters. The summed E-state index contributed by atoms with van der Waals surface area (Å²) in [7, 11) is 0. The maximum absolute atomic E-state index is 12.1. The van der Waals surface area contributed by atoms with Crippen molar-refractivity contribution in [2.45, 2.75) is 20.0 Å². The van der Waals surface area contributed by atoms with E-state index < -0.39 is 0 Å². The van der Waals surface area contributed by atoms with Gasteiger partial charge in [0.05, 0.1) is 17.1 Å². The fourth-order valence-electron chi connectivity index (χ4n) is 3.02. The Bertz CT molecular complexity index is 807. The fraction of sp³-hybridized carbons (Fsp3) is 0.176. The standard InChI is InChI=1S/C17H16N4O/c1-9(2)15-11-7-13-14(8-12(11)21-17(15)22)20-16(19-13)10-3-5-18-6-4-10/h3-8,16,19-20H,1-2H3,(H,21,22). The molecule has 0 bridgehead atoms. The van der Waals surface area contributed by atoms with Crippen LogP contribution in [-0.4, -0.2) is 10.9 Å². The molecule has 1 atom stereocenters. The lowest BCUT2D eigenvalue weighted by Crippen LogP contribution is -2.11. The van der Waals surface area contributed by atoms with Crippen LogP contribution in [0.15, 0.2) is 42.2 Å². The Morgan fingerprint density at radius 1 is 1.05 bits per heavy atom. The summed E-state index contributed by atoms with van der Waals surface area (Å²) in [4.78, 5) is 16.1. The lowest BCUT2D eigenvalue weighted by molar-refractivity contribution is -0.110. The van der Waals surface area contributed by atoms with Gasteiger partial charge in [0.1, 0.15) is 6.17 Å². The van der Waals surface area contributed by atoms with Crippen molar-refractivity contribution in [1.82, 2.24) is 4.98 Å². The molecule has 0 aliphatic carbocycles. The van der Waals surface area contributed by atoms with Gasteiger partial charge in [-0.25, -0.2) is 0 Å². The van der Waals surface area contributed by atoms with Crippen LogP contribution >= 0.6 is 0 Å². The molecule has 0 spiro atoms. The number of nitrogens with one attached hydrogen (secondary N) is 3. The van der Waals surface area contributed by atoms with Crippen molar-refractivity contribution in [3.05, 3.63) is 53.4 Å². The second kappa shape index (κ2) is 4.59. The third-order valence-electron chi connectivity index (χ3n) is 4.04. The van der Waals surface area contributed by atoms with Crippen LogP contribution in [0.25, 0.3) is 5.57 Å². The Labute approximate surface area is 128 Å². The van der Waals surface area contributed by atoms with Crippen LogP contribution in [0.2, 0.25) is 0 Å². The number of anilines is 3. The third-order valence-corrected chi connectivity index (χ3v) is 4.04. The summed E-state index contributed by atoms with van der Waals surface area (Å²) in [5, 5.41) is 9.83. The van der Waals surface area contributed by atoms with Gasteiger partial charge in [-0.15, -0.1) is 0 Å². The maximum atomic E-state index is 12.1. The molecule has 0 fully saturated rings. The van der Waals surface area contributed by atoms with E-state index in [9.17, 15) is 4.79 Å². The van der Waals surface area contributed by atoms with E-state index in [2.05, 4.69) is 20.9 Å². The van der Waals surface area contributed by atoms with E-state index in [1.807, 2.05) is 38.1 Å². The lowest BCUT2D eigenvalue weighted by Gasteiger charge is -2.11. The second-order valence-corrected chi connectivity index (χ2v) is 5.77. The first-order valence-electron chi connectivity index (χ1n) is 7.24. The number of aromatic nitrogens is 1. The van der Waals surface area contributed by atoms with Crippen molar-refractivity contribution < 1.29 is 4.79 Å². The van der Waals surface area contributed by atoms with Crippen molar-refractivity contribution in [3.8, 4) is 0 Å². The number of hydrogen-bond acceptors (Lipinski definition) is 4. The molecule has 0 radical (unpaired) electrons. The van der Waals surface area contributed by atoms with E-state index in [1.54, 1.807) is 12.4 Å². The van der Waals surface area contributed by atoms with Gasteiger partial charge in [0.15, 0.2) is 0 Å². The van der Waals surface area contributed by atoms with Crippen molar-refractivity contribution >= 4 is 28.5 Å². The van der Waals surface area contributed by atoms with Crippen molar-refractivity contribution in [3.63, 3.8) is 0 Å². The number of allylic oxidation sites excluding steroid dienone is 1. The van der Waals surface area contributed by atoms with E-state index in [-0.39, 0.29) is 12.1 Å². The molecular formula is C17H16N4O. The number of benzene rings is 1. The van der Waals surface area contributed by atoms with Crippen LogP contribution in [0.4, 0.5) is 17.1 Å². The van der Waals surface area contributed by atoms with E-state index in [0.29, 0.717) is 0 Å². The molecule has 4 rings (SSSR count). The topological polar surface area (TPSA) is 66.0 Å². The number of rotatable bonds is 1. The summed E-state index contributed by atoms with van der Waals surface area (Å²) in [6.45, 7) is 3.92. The number of amides is 1. The van der Waals surface area contributed by atoms with Crippen molar-refractivity contribution in [2.75, 3.05) is 16.0 Å². The lowest BCUT2D eigenvalue weighted by atomic mass is 10.0. The number of pyridine rings is 1. The summed E-state index contributed by atoms with van der Waals surface area (Å²) in [6, 6.07) is 7.99. The number of carbonyl (C=O) groups is 1. The van der Waals surface area contributed by atoms with Crippen LogP contribution in [0.1, 0.15) is 31.1 Å². The molecule has 3 N–H and O–H groups in total. The SMILES string of the molecule is CC(C)=C1C(=O)Nc2cc3c(cc21)NC(c1ccncc1)N3. The van der Waals surface area contributed by atoms with Crippen molar-refractivity contribution in [1.29, 1.82) is 0 Å². The molecule has 1 aromatic carbocycles. The monoisotopic (exact) mass is 292 g/mol. The Kier molecular flexibility index (Phi) is 2.69. The zero-order chi connectivity index (χ0) is 15.3. The summed E-state index contributed by atoms with van der Waals surface area (Å²) in [6.07, 6.45) is 3.58. The van der Waals surface area contributed by atoms with Gasteiger partial charge in [0, 0.05) is 23.5 Å². The minimum Gasteiger partial charge on any atom is -0.360 e. The zero-order valence-electron chi connectivity index (χ0n) is 12.4. The first-order chi connectivity index (χ1) is 10.6. The first-order valence-corrected chi connectivity index (χ1v) is 7.24. The highest BCUT2D eigenvalue weighted by Gasteiger charge is 2.29. The smallest absolute Gasteiger partial charge is 0.256 e. The number of nitrogens with zero attached hydrogens (tertiary/aromatic N) is 1.